The molecule has 2 rings (SSSR count). The Morgan fingerprint density at radius 2 is 1.95 bits per heavy atom. The predicted octanol–water partition coefficient (Wildman–Crippen LogP) is 3.92. The van der Waals surface area contributed by atoms with Gasteiger partial charge in [0.2, 0.25) is 0 Å². The van der Waals surface area contributed by atoms with E-state index in [0.29, 0.717) is 13.1 Å². The first kappa shape index (κ1) is 15.7. The summed E-state index contributed by atoms with van der Waals surface area (Å²) in [6.07, 6.45) is 0. The van der Waals surface area contributed by atoms with Crippen LogP contribution in [0.3, 0.4) is 0 Å². The minimum atomic E-state index is -1.25. The Kier molecular flexibility index (Phi) is 5.09. The van der Waals surface area contributed by atoms with Crippen molar-refractivity contribution in [3.63, 3.8) is 0 Å². The summed E-state index contributed by atoms with van der Waals surface area (Å²) < 4.78 is 14.7. The highest BCUT2D eigenvalue weighted by Crippen LogP contribution is 2.19. The number of nitrogens with zero attached hydrogens (tertiary/aromatic N) is 1. The lowest BCUT2D eigenvalue weighted by Crippen LogP contribution is -2.17. The first-order chi connectivity index (χ1) is 9.97. The monoisotopic (exact) mass is 351 g/mol. The van der Waals surface area contributed by atoms with Crippen molar-refractivity contribution in [1.29, 1.82) is 0 Å². The molecule has 110 valence electrons. The molecular formula is C16H15BrFNO2. The van der Waals surface area contributed by atoms with Crippen LogP contribution < -0.4 is 0 Å². The highest BCUT2D eigenvalue weighted by atomic mass is 79.9. The molecule has 0 aliphatic carbocycles. The number of benzene rings is 2. The van der Waals surface area contributed by atoms with Crippen LogP contribution in [0, 0.1) is 5.82 Å². The highest BCUT2D eigenvalue weighted by Gasteiger charge is 2.11. The van der Waals surface area contributed by atoms with E-state index in [0.717, 1.165) is 15.6 Å². The second-order valence-corrected chi connectivity index (χ2v) is 5.74. The predicted molar refractivity (Wildman–Crippen MR) is 82.7 cm³/mol. The molecule has 3 nitrogen and oxygen atoms in total. The number of carbonyl (C=O) groups is 1. The van der Waals surface area contributed by atoms with Crippen LogP contribution in [0.5, 0.6) is 0 Å². The number of aromatic carboxylic acids is 1. The Balaban J connectivity index is 2.06. The van der Waals surface area contributed by atoms with Crippen molar-refractivity contribution >= 4 is 21.9 Å². The number of rotatable bonds is 5. The van der Waals surface area contributed by atoms with Crippen LogP contribution in [-0.4, -0.2) is 23.0 Å². The van der Waals surface area contributed by atoms with Crippen molar-refractivity contribution in [3.05, 3.63) is 69.4 Å². The van der Waals surface area contributed by atoms with E-state index in [2.05, 4.69) is 15.9 Å². The molecule has 0 aliphatic rings. The molecule has 0 fully saturated rings. The molecule has 2 aromatic rings. The summed E-state index contributed by atoms with van der Waals surface area (Å²) in [5.41, 5.74) is 1.59. The first-order valence-corrected chi connectivity index (χ1v) is 7.20. The van der Waals surface area contributed by atoms with Gasteiger partial charge in [0.05, 0.1) is 5.56 Å². The summed E-state index contributed by atoms with van der Waals surface area (Å²) in [7, 11) is 1.93. The third-order valence-electron chi connectivity index (χ3n) is 3.11. The molecule has 0 saturated heterocycles. The van der Waals surface area contributed by atoms with Gasteiger partial charge in [-0.25, -0.2) is 9.18 Å². The zero-order chi connectivity index (χ0) is 15.4. The first-order valence-electron chi connectivity index (χ1n) is 6.41. The van der Waals surface area contributed by atoms with E-state index in [4.69, 9.17) is 5.11 Å². The van der Waals surface area contributed by atoms with Gasteiger partial charge < -0.3 is 5.11 Å². The van der Waals surface area contributed by atoms with Crippen molar-refractivity contribution in [3.8, 4) is 0 Å². The second kappa shape index (κ2) is 6.83. The summed E-state index contributed by atoms with van der Waals surface area (Å²) in [4.78, 5) is 12.8. The molecule has 21 heavy (non-hydrogen) atoms. The Labute approximate surface area is 131 Å². The smallest absolute Gasteiger partial charge is 0.338 e. The van der Waals surface area contributed by atoms with E-state index in [-0.39, 0.29) is 5.56 Å². The van der Waals surface area contributed by atoms with Crippen LogP contribution in [0.2, 0.25) is 0 Å². The van der Waals surface area contributed by atoms with Crippen LogP contribution in [0.25, 0.3) is 0 Å². The molecule has 5 heteroatoms. The lowest BCUT2D eigenvalue weighted by Gasteiger charge is -2.18. The molecule has 0 bridgehead atoms. The summed E-state index contributed by atoms with van der Waals surface area (Å²) in [6.45, 7) is 1.25. The van der Waals surface area contributed by atoms with Gasteiger partial charge in [-0.2, -0.15) is 0 Å². The fourth-order valence-electron chi connectivity index (χ4n) is 2.12. The molecule has 0 spiro atoms. The van der Waals surface area contributed by atoms with Crippen molar-refractivity contribution in [2.75, 3.05) is 7.05 Å². The Morgan fingerprint density at radius 3 is 2.57 bits per heavy atom. The fourth-order valence-corrected chi connectivity index (χ4v) is 2.53. The number of hydrogen-bond acceptors (Lipinski definition) is 2. The molecule has 2 aromatic carbocycles. The van der Waals surface area contributed by atoms with Crippen LogP contribution >= 0.6 is 15.9 Å². The third-order valence-corrected chi connectivity index (χ3v) is 3.89. The van der Waals surface area contributed by atoms with E-state index < -0.39 is 11.8 Å². The van der Waals surface area contributed by atoms with E-state index >= 15 is 0 Å². The van der Waals surface area contributed by atoms with E-state index in [1.54, 1.807) is 6.07 Å². The number of carboxylic acid groups (broad SMARTS) is 1. The van der Waals surface area contributed by atoms with Gasteiger partial charge in [-0.1, -0.05) is 40.2 Å². The van der Waals surface area contributed by atoms with E-state index in [9.17, 15) is 9.18 Å². The van der Waals surface area contributed by atoms with Crippen LogP contribution in [-0.2, 0) is 13.1 Å². The summed E-state index contributed by atoms with van der Waals surface area (Å²) in [5.74, 6) is -1.95. The molecule has 0 aromatic heterocycles. The van der Waals surface area contributed by atoms with Crippen LogP contribution in [0.4, 0.5) is 4.39 Å². The molecular weight excluding hydrogens is 337 g/mol. The lowest BCUT2D eigenvalue weighted by atomic mass is 10.1. The van der Waals surface area contributed by atoms with Gasteiger partial charge in [0.1, 0.15) is 5.82 Å². The summed E-state index contributed by atoms with van der Waals surface area (Å²) >= 11 is 3.50. The Bertz CT molecular complexity index is 660. The van der Waals surface area contributed by atoms with E-state index in [1.165, 1.54) is 12.1 Å². The van der Waals surface area contributed by atoms with Gasteiger partial charge in [-0.15, -0.1) is 0 Å². The van der Waals surface area contributed by atoms with Gasteiger partial charge in [-0.3, -0.25) is 4.90 Å². The SMILES string of the molecule is CN(Cc1ccc(C(=O)O)c(F)c1)Cc1ccccc1Br. The van der Waals surface area contributed by atoms with Gasteiger partial charge in [-0.05, 0) is 36.4 Å². The zero-order valence-electron chi connectivity index (χ0n) is 11.5. The largest absolute Gasteiger partial charge is 0.478 e. The Morgan fingerprint density at radius 1 is 1.24 bits per heavy atom. The van der Waals surface area contributed by atoms with Crippen molar-refractivity contribution in [1.82, 2.24) is 4.90 Å². The maximum atomic E-state index is 13.6. The third kappa shape index (κ3) is 4.12. The second-order valence-electron chi connectivity index (χ2n) is 4.88. The zero-order valence-corrected chi connectivity index (χ0v) is 13.1. The van der Waals surface area contributed by atoms with Gasteiger partial charge >= 0.3 is 5.97 Å². The maximum Gasteiger partial charge on any atom is 0.338 e. The van der Waals surface area contributed by atoms with Crippen molar-refractivity contribution < 1.29 is 14.3 Å². The van der Waals surface area contributed by atoms with Crippen LogP contribution in [0.1, 0.15) is 21.5 Å². The quantitative estimate of drug-likeness (QED) is 0.887. The van der Waals surface area contributed by atoms with Gasteiger partial charge in [0.15, 0.2) is 0 Å². The molecule has 0 aliphatic heterocycles. The maximum absolute atomic E-state index is 13.6. The fraction of sp³-hybridized carbons (Fsp3) is 0.188. The van der Waals surface area contributed by atoms with Crippen molar-refractivity contribution in [2.24, 2.45) is 0 Å². The molecule has 0 heterocycles. The number of hydrogen-bond donors (Lipinski definition) is 1. The summed E-state index contributed by atoms with van der Waals surface area (Å²) in [6, 6.07) is 12.1. The van der Waals surface area contributed by atoms with Crippen molar-refractivity contribution in [2.45, 2.75) is 13.1 Å². The van der Waals surface area contributed by atoms with Gasteiger partial charge in [0, 0.05) is 17.6 Å². The average Bonchev–Trinajstić information content (AvgIpc) is 2.41. The average molecular weight is 352 g/mol. The molecule has 0 radical (unpaired) electrons. The number of halogens is 2. The highest BCUT2D eigenvalue weighted by molar-refractivity contribution is 9.10. The molecule has 0 saturated carbocycles. The minimum absolute atomic E-state index is 0.299. The van der Waals surface area contributed by atoms with Gasteiger partial charge in [0.25, 0.3) is 0 Å². The molecule has 1 N–H and O–H groups in total. The number of carboxylic acids is 1. The topological polar surface area (TPSA) is 40.5 Å². The lowest BCUT2D eigenvalue weighted by molar-refractivity contribution is 0.0692. The van der Waals surface area contributed by atoms with Crippen LogP contribution in [0.15, 0.2) is 46.9 Å². The summed E-state index contributed by atoms with van der Waals surface area (Å²) in [5, 5.41) is 8.81. The van der Waals surface area contributed by atoms with E-state index in [1.807, 2.05) is 36.2 Å². The minimum Gasteiger partial charge on any atom is -0.478 e. The molecule has 0 atom stereocenters. The normalized spacial score (nSPS) is 10.9. The molecule has 0 amide bonds. The standard InChI is InChI=1S/C16H15BrFNO2/c1-19(10-12-4-2-3-5-14(12)17)9-11-6-7-13(16(20)21)15(18)8-11/h2-8H,9-10H2,1H3,(H,20,21). The Hall–Kier alpha value is -1.72. The molecule has 0 unspecified atom stereocenters.